The Labute approximate surface area is 170 Å². The molecule has 2 aromatic carbocycles. The van der Waals surface area contributed by atoms with Crippen LogP contribution in [0.4, 0.5) is 0 Å². The molecule has 0 spiro atoms. The van der Waals surface area contributed by atoms with Gasteiger partial charge in [0, 0.05) is 0 Å². The molecule has 0 bridgehead atoms. The van der Waals surface area contributed by atoms with Crippen molar-refractivity contribution >= 4 is 42.2 Å². The summed E-state index contributed by atoms with van der Waals surface area (Å²) in [7, 11) is 4.84. The molecule has 1 heterocycles. The fraction of sp³-hybridized carbons (Fsp3) is 0.227. The molecule has 0 radical (unpaired) electrons. The van der Waals surface area contributed by atoms with Crippen molar-refractivity contribution in [1.82, 2.24) is 4.98 Å². The molecule has 0 aliphatic rings. The van der Waals surface area contributed by atoms with Crippen LogP contribution in [0.15, 0.2) is 42.1 Å². The number of benzene rings is 2. The quantitative estimate of drug-likeness (QED) is 0.342. The van der Waals surface area contributed by atoms with Crippen molar-refractivity contribution in [3.8, 4) is 17.2 Å². The number of aromatic amines is 1. The molecule has 28 heavy (non-hydrogen) atoms. The number of fused-ring (bicyclic) bond motifs is 1. The van der Waals surface area contributed by atoms with E-state index in [4.69, 9.17) is 14.2 Å². The van der Waals surface area contributed by atoms with Crippen LogP contribution >= 0.6 is 0 Å². The Morgan fingerprint density at radius 3 is 2.50 bits per heavy atom. The summed E-state index contributed by atoms with van der Waals surface area (Å²) >= 11 is 0.169. The Morgan fingerprint density at radius 2 is 1.86 bits per heavy atom. The Hall–Kier alpha value is -2.69. The van der Waals surface area contributed by atoms with Crippen molar-refractivity contribution in [2.75, 3.05) is 21.3 Å². The van der Waals surface area contributed by atoms with E-state index in [9.17, 15) is 4.79 Å². The number of hydrogen-bond donors (Lipinski definition) is 1. The van der Waals surface area contributed by atoms with E-state index in [0.717, 1.165) is 26.7 Å². The van der Waals surface area contributed by atoms with Gasteiger partial charge in [-0.25, -0.2) is 0 Å². The van der Waals surface area contributed by atoms with Gasteiger partial charge in [-0.2, -0.15) is 0 Å². The van der Waals surface area contributed by atoms with Gasteiger partial charge in [-0.15, -0.1) is 0 Å². The molecule has 3 aromatic rings. The van der Waals surface area contributed by atoms with E-state index in [1.807, 2.05) is 43.5 Å². The monoisotopic (exact) mass is 445 g/mol. The number of hydrogen-bond acceptors (Lipinski definition) is 4. The molecule has 1 aromatic heterocycles. The van der Waals surface area contributed by atoms with Crippen molar-refractivity contribution in [3.63, 3.8) is 0 Å². The van der Waals surface area contributed by atoms with Crippen molar-refractivity contribution in [1.29, 1.82) is 0 Å². The zero-order chi connectivity index (χ0) is 20.3. The molecule has 0 fully saturated rings. The molecular formula is C22H23NO4Se. The van der Waals surface area contributed by atoms with Crippen molar-refractivity contribution in [2.24, 2.45) is 0 Å². The number of rotatable bonds is 7. The van der Waals surface area contributed by atoms with Crippen molar-refractivity contribution in [3.05, 3.63) is 53.2 Å². The summed E-state index contributed by atoms with van der Waals surface area (Å²) in [5.74, 6) is 4.13. The van der Waals surface area contributed by atoms with Gasteiger partial charge in [-0.1, -0.05) is 0 Å². The number of ether oxygens (including phenoxy) is 3. The number of ketones is 1. The molecule has 0 saturated carbocycles. The van der Waals surface area contributed by atoms with E-state index >= 15 is 0 Å². The van der Waals surface area contributed by atoms with Gasteiger partial charge in [0.25, 0.3) is 0 Å². The van der Waals surface area contributed by atoms with Crippen LogP contribution in [0.3, 0.4) is 0 Å². The second kappa shape index (κ2) is 8.55. The average molecular weight is 444 g/mol. The van der Waals surface area contributed by atoms with E-state index in [0.29, 0.717) is 22.6 Å². The SMILES string of the molecule is COc1ccc2c(/C=C(\C)C(=O)c3cc(OC)c(OC)c([Se]C)c3)c[nH]c2c1. The van der Waals surface area contributed by atoms with E-state index < -0.39 is 0 Å². The zero-order valence-corrected chi connectivity index (χ0v) is 18.3. The molecule has 146 valence electrons. The normalized spacial score (nSPS) is 11.5. The molecule has 5 nitrogen and oxygen atoms in total. The fourth-order valence-electron chi connectivity index (χ4n) is 3.11. The third-order valence-electron chi connectivity index (χ3n) is 4.58. The summed E-state index contributed by atoms with van der Waals surface area (Å²) in [6, 6.07) is 9.49. The van der Waals surface area contributed by atoms with Crippen molar-refractivity contribution < 1.29 is 19.0 Å². The maximum atomic E-state index is 13.1. The molecule has 0 amide bonds. The van der Waals surface area contributed by atoms with Crippen LogP contribution < -0.4 is 18.7 Å². The zero-order valence-electron chi connectivity index (χ0n) is 16.6. The summed E-state index contributed by atoms with van der Waals surface area (Å²) in [4.78, 5) is 16.3. The molecule has 0 saturated heterocycles. The van der Waals surface area contributed by atoms with Crippen LogP contribution in [0.25, 0.3) is 17.0 Å². The maximum absolute atomic E-state index is 13.1. The predicted molar refractivity (Wildman–Crippen MR) is 114 cm³/mol. The van der Waals surface area contributed by atoms with E-state index in [1.54, 1.807) is 27.4 Å². The van der Waals surface area contributed by atoms with Gasteiger partial charge >= 0.3 is 164 Å². The van der Waals surface area contributed by atoms with Crippen molar-refractivity contribution in [2.45, 2.75) is 12.7 Å². The molecule has 3 rings (SSSR count). The number of methoxy groups -OCH3 is 3. The molecule has 1 N–H and O–H groups in total. The van der Waals surface area contributed by atoms with Crippen LogP contribution in [0.1, 0.15) is 22.8 Å². The molecular weight excluding hydrogens is 421 g/mol. The second-order valence-corrected chi connectivity index (χ2v) is 8.01. The molecule has 0 aliphatic heterocycles. The first-order valence-electron chi connectivity index (χ1n) is 8.70. The second-order valence-electron chi connectivity index (χ2n) is 6.23. The number of carbonyl (C=O) groups is 1. The first kappa shape index (κ1) is 20.1. The summed E-state index contributed by atoms with van der Waals surface area (Å²) in [6.45, 7) is 1.83. The molecule has 0 unspecified atom stereocenters. The minimum absolute atomic E-state index is 0.0330. The minimum atomic E-state index is -0.0330. The summed E-state index contributed by atoms with van der Waals surface area (Å²) in [6.07, 6.45) is 3.80. The summed E-state index contributed by atoms with van der Waals surface area (Å²) in [5, 5.41) is 1.04. The number of allylic oxidation sites excluding steroid dienone is 1. The van der Waals surface area contributed by atoms with Gasteiger partial charge in [0.15, 0.2) is 0 Å². The standard InChI is InChI=1S/C22H23NO4Se/c1-13(8-15-12-23-18-11-16(25-2)6-7-17(15)18)21(24)14-9-19(26-3)22(27-4)20(10-14)28-5/h6-12,23H,1-5H3/b13-8+. The van der Waals surface area contributed by atoms with Crippen LogP contribution in [0, 0.1) is 0 Å². The summed E-state index contributed by atoms with van der Waals surface area (Å²) in [5.41, 5.74) is 3.18. The first-order chi connectivity index (χ1) is 13.5. The predicted octanol–water partition coefficient (Wildman–Crippen LogP) is 3.86. The van der Waals surface area contributed by atoms with Crippen LogP contribution in [-0.2, 0) is 0 Å². The number of aromatic nitrogens is 1. The third kappa shape index (κ3) is 3.79. The van der Waals surface area contributed by atoms with Gasteiger partial charge < -0.3 is 0 Å². The number of nitrogens with one attached hydrogen (secondary N) is 1. The third-order valence-corrected chi connectivity index (χ3v) is 6.14. The topological polar surface area (TPSA) is 60.6 Å². The number of H-pyrrole nitrogens is 1. The van der Waals surface area contributed by atoms with Gasteiger partial charge in [0.05, 0.1) is 7.11 Å². The number of Topliss-reactive ketones (excluding diaryl/α,β-unsaturated/α-hetero) is 1. The number of carbonyl (C=O) groups excluding carboxylic acids is 1. The summed E-state index contributed by atoms with van der Waals surface area (Å²) < 4.78 is 17.2. The van der Waals surface area contributed by atoms with E-state index in [2.05, 4.69) is 10.8 Å². The van der Waals surface area contributed by atoms with E-state index in [1.165, 1.54) is 0 Å². The van der Waals surface area contributed by atoms with Crippen LogP contribution in [0.5, 0.6) is 17.2 Å². The Bertz CT molecular complexity index is 1030. The van der Waals surface area contributed by atoms with E-state index in [-0.39, 0.29) is 20.7 Å². The Balaban J connectivity index is 1.99. The van der Waals surface area contributed by atoms with Gasteiger partial charge in [-0.3, -0.25) is 0 Å². The van der Waals surface area contributed by atoms with Crippen LogP contribution in [-0.4, -0.2) is 47.1 Å². The molecule has 0 aliphatic carbocycles. The van der Waals surface area contributed by atoms with Gasteiger partial charge in [0.2, 0.25) is 0 Å². The Kier molecular flexibility index (Phi) is 6.12. The van der Waals surface area contributed by atoms with Gasteiger partial charge in [-0.05, 0) is 0 Å². The molecule has 0 atom stereocenters. The first-order valence-corrected chi connectivity index (χ1v) is 11.3. The Morgan fingerprint density at radius 1 is 1.07 bits per heavy atom. The van der Waals surface area contributed by atoms with Gasteiger partial charge in [0.1, 0.15) is 0 Å². The molecule has 6 heteroatoms. The average Bonchev–Trinajstić information content (AvgIpc) is 3.13. The van der Waals surface area contributed by atoms with Crippen LogP contribution in [0.2, 0.25) is 5.82 Å². The fourth-order valence-corrected chi connectivity index (χ4v) is 4.40.